The minimum atomic E-state index is -0.100. The fourth-order valence-electron chi connectivity index (χ4n) is 3.79. The Morgan fingerprint density at radius 3 is 2.18 bits per heavy atom. The lowest BCUT2D eigenvalue weighted by Gasteiger charge is -2.13. The van der Waals surface area contributed by atoms with Gasteiger partial charge < -0.3 is 0 Å². The van der Waals surface area contributed by atoms with Crippen LogP contribution in [0.2, 0.25) is 0 Å². The van der Waals surface area contributed by atoms with Crippen LogP contribution in [0, 0.1) is 17.2 Å². The summed E-state index contributed by atoms with van der Waals surface area (Å²) in [6, 6.07) is 17.8. The third-order valence-corrected chi connectivity index (χ3v) is 6.18. The van der Waals surface area contributed by atoms with Crippen LogP contribution in [-0.4, -0.2) is 11.5 Å². The van der Waals surface area contributed by atoms with Crippen molar-refractivity contribution in [2.75, 3.05) is 0 Å². The largest absolute Gasteiger partial charge is 0.292 e. The van der Waals surface area contributed by atoms with Gasteiger partial charge in [-0.1, -0.05) is 96.4 Å². The summed E-state index contributed by atoms with van der Waals surface area (Å²) < 4.78 is 0. The number of rotatable bonds is 12. The molecule has 1 unspecified atom stereocenters. The van der Waals surface area contributed by atoms with E-state index in [1.54, 1.807) is 12.1 Å². The Morgan fingerprint density at radius 2 is 1.62 bits per heavy atom. The average Bonchev–Trinajstić information content (AvgIpc) is 2.85. The second-order valence-corrected chi connectivity index (χ2v) is 9.35. The highest BCUT2D eigenvalue weighted by Gasteiger charge is 2.19. The topological polar surface area (TPSA) is 53.2 Å². The van der Waals surface area contributed by atoms with Crippen molar-refractivity contribution in [1.82, 2.24) is 0 Å². The van der Waals surface area contributed by atoms with E-state index >= 15 is 0 Å². The SMILES string of the molecule is C=C(N=C(/C=C(\C)c1ccc(C#N)cc1)C(=O)C(C)CCCCCC)c1ccc(C(C)C)cc1. The van der Waals surface area contributed by atoms with E-state index in [-0.39, 0.29) is 11.7 Å². The Hall–Kier alpha value is -3.25. The van der Waals surface area contributed by atoms with E-state index in [4.69, 9.17) is 10.3 Å². The van der Waals surface area contributed by atoms with Gasteiger partial charge >= 0.3 is 0 Å². The molecule has 34 heavy (non-hydrogen) atoms. The van der Waals surface area contributed by atoms with Crippen LogP contribution in [0.1, 0.15) is 94.9 Å². The summed E-state index contributed by atoms with van der Waals surface area (Å²) in [6.45, 7) is 14.6. The number of hydrogen-bond donors (Lipinski definition) is 0. The third-order valence-electron chi connectivity index (χ3n) is 6.18. The number of nitriles is 1. The average molecular weight is 455 g/mol. The van der Waals surface area contributed by atoms with Gasteiger partial charge in [-0.2, -0.15) is 5.26 Å². The number of ketones is 1. The van der Waals surface area contributed by atoms with Crippen molar-refractivity contribution in [3.05, 3.63) is 83.4 Å². The maximum atomic E-state index is 13.4. The van der Waals surface area contributed by atoms with Crippen molar-refractivity contribution in [3.8, 4) is 6.07 Å². The molecule has 0 aliphatic rings. The van der Waals surface area contributed by atoms with E-state index in [9.17, 15) is 4.79 Å². The smallest absolute Gasteiger partial charge is 0.183 e. The van der Waals surface area contributed by atoms with Crippen molar-refractivity contribution in [2.45, 2.75) is 72.6 Å². The molecule has 2 aromatic carbocycles. The normalized spacial score (nSPS) is 13.0. The van der Waals surface area contributed by atoms with E-state index in [0.29, 0.717) is 22.9 Å². The summed E-state index contributed by atoms with van der Waals surface area (Å²) in [6.07, 6.45) is 7.29. The van der Waals surface area contributed by atoms with Gasteiger partial charge in [-0.05, 0) is 59.7 Å². The lowest BCUT2D eigenvalue weighted by molar-refractivity contribution is -0.116. The van der Waals surface area contributed by atoms with E-state index < -0.39 is 0 Å². The van der Waals surface area contributed by atoms with Crippen molar-refractivity contribution < 1.29 is 4.79 Å². The summed E-state index contributed by atoms with van der Waals surface area (Å²) >= 11 is 0. The molecule has 178 valence electrons. The highest BCUT2D eigenvalue weighted by molar-refractivity contribution is 6.46. The third kappa shape index (κ3) is 7.96. The monoisotopic (exact) mass is 454 g/mol. The van der Waals surface area contributed by atoms with Crippen LogP contribution in [0.25, 0.3) is 11.3 Å². The molecule has 0 heterocycles. The predicted octanol–water partition coefficient (Wildman–Crippen LogP) is 8.37. The first-order chi connectivity index (χ1) is 16.3. The number of aliphatic imine (C=N–C) groups is 1. The summed E-state index contributed by atoms with van der Waals surface area (Å²) in [7, 11) is 0. The first-order valence-corrected chi connectivity index (χ1v) is 12.4. The van der Waals surface area contributed by atoms with Crippen LogP contribution < -0.4 is 0 Å². The van der Waals surface area contributed by atoms with E-state index in [0.717, 1.165) is 36.0 Å². The van der Waals surface area contributed by atoms with E-state index in [1.165, 1.54) is 18.4 Å². The molecule has 0 fully saturated rings. The molecule has 0 spiro atoms. The Labute approximate surface area is 205 Å². The second kappa shape index (κ2) is 13.5. The Balaban J connectivity index is 2.35. The number of nitrogens with zero attached hydrogens (tertiary/aromatic N) is 2. The van der Waals surface area contributed by atoms with Gasteiger partial charge in [0.05, 0.1) is 17.3 Å². The van der Waals surface area contributed by atoms with Crippen LogP contribution in [0.4, 0.5) is 0 Å². The van der Waals surface area contributed by atoms with E-state index in [2.05, 4.69) is 45.6 Å². The minimum Gasteiger partial charge on any atom is -0.292 e. The van der Waals surface area contributed by atoms with Crippen LogP contribution in [0.5, 0.6) is 0 Å². The van der Waals surface area contributed by atoms with Crippen LogP contribution in [-0.2, 0) is 4.79 Å². The van der Waals surface area contributed by atoms with Gasteiger partial charge in [0.1, 0.15) is 5.71 Å². The number of benzene rings is 2. The van der Waals surface area contributed by atoms with Gasteiger partial charge in [0.2, 0.25) is 0 Å². The number of allylic oxidation sites excluding steroid dienone is 2. The molecule has 3 nitrogen and oxygen atoms in total. The molecule has 0 bridgehead atoms. The van der Waals surface area contributed by atoms with Gasteiger partial charge in [0.25, 0.3) is 0 Å². The summed E-state index contributed by atoms with van der Waals surface area (Å²) in [5, 5.41) is 9.07. The molecule has 0 N–H and O–H groups in total. The molecule has 0 aromatic heterocycles. The molecular formula is C31H38N2O. The fourth-order valence-corrected chi connectivity index (χ4v) is 3.79. The van der Waals surface area contributed by atoms with Crippen molar-refractivity contribution in [2.24, 2.45) is 10.9 Å². The van der Waals surface area contributed by atoms with Gasteiger partial charge in [-0.25, -0.2) is 4.99 Å². The highest BCUT2D eigenvalue weighted by atomic mass is 16.1. The summed E-state index contributed by atoms with van der Waals surface area (Å²) in [4.78, 5) is 18.2. The highest BCUT2D eigenvalue weighted by Crippen LogP contribution is 2.22. The fraction of sp³-hybridized carbons (Fsp3) is 0.387. The van der Waals surface area contributed by atoms with E-state index in [1.807, 2.05) is 44.2 Å². The Kier molecular flexibility index (Phi) is 10.7. The molecule has 2 rings (SSSR count). The summed E-state index contributed by atoms with van der Waals surface area (Å²) in [5.41, 5.74) is 5.69. The summed E-state index contributed by atoms with van der Waals surface area (Å²) in [5.74, 6) is 0.399. The molecule has 0 saturated heterocycles. The zero-order valence-electron chi connectivity index (χ0n) is 21.4. The van der Waals surface area contributed by atoms with Crippen molar-refractivity contribution in [3.63, 3.8) is 0 Å². The number of carbonyl (C=O) groups is 1. The van der Waals surface area contributed by atoms with Crippen LogP contribution >= 0.6 is 0 Å². The first-order valence-electron chi connectivity index (χ1n) is 12.4. The van der Waals surface area contributed by atoms with Gasteiger partial charge in [0, 0.05) is 5.92 Å². The Bertz CT molecular complexity index is 1060. The molecule has 0 amide bonds. The lowest BCUT2D eigenvalue weighted by Crippen LogP contribution is -2.21. The maximum absolute atomic E-state index is 13.4. The van der Waals surface area contributed by atoms with Gasteiger partial charge in [-0.3, -0.25) is 4.79 Å². The second-order valence-electron chi connectivity index (χ2n) is 9.35. The number of unbranched alkanes of at least 4 members (excludes halogenated alkanes) is 3. The quantitative estimate of drug-likeness (QED) is 0.239. The lowest BCUT2D eigenvalue weighted by atomic mass is 9.93. The molecule has 0 aliphatic carbocycles. The maximum Gasteiger partial charge on any atom is 0.183 e. The van der Waals surface area contributed by atoms with Crippen LogP contribution in [0.15, 0.2) is 66.2 Å². The predicted molar refractivity (Wildman–Crippen MR) is 145 cm³/mol. The molecule has 0 saturated carbocycles. The Morgan fingerprint density at radius 1 is 1.00 bits per heavy atom. The standard InChI is InChI=1S/C31H38N2O/c1-7-8-9-10-11-23(4)31(34)30(20-24(5)28-14-12-26(21-32)13-15-28)33-25(6)29-18-16-27(17-19-29)22(2)3/h12-20,22-23H,6-11H2,1-5H3/b24-20+,33-30?. The van der Waals surface area contributed by atoms with Crippen molar-refractivity contribution in [1.29, 1.82) is 5.26 Å². The zero-order chi connectivity index (χ0) is 25.1. The molecule has 3 heteroatoms. The molecule has 0 radical (unpaired) electrons. The van der Waals surface area contributed by atoms with Gasteiger partial charge in [-0.15, -0.1) is 0 Å². The molecule has 2 aromatic rings. The molecular weight excluding hydrogens is 416 g/mol. The molecule has 1 atom stereocenters. The number of carbonyl (C=O) groups excluding carboxylic acids is 1. The van der Waals surface area contributed by atoms with Crippen LogP contribution in [0.3, 0.4) is 0 Å². The minimum absolute atomic E-state index is 0.0458. The van der Waals surface area contributed by atoms with Crippen molar-refractivity contribution >= 4 is 22.8 Å². The number of Topliss-reactive ketones (excluding diaryl/α,β-unsaturated/α-hetero) is 1. The molecule has 0 aliphatic heterocycles. The number of hydrogen-bond acceptors (Lipinski definition) is 3. The zero-order valence-corrected chi connectivity index (χ0v) is 21.4. The van der Waals surface area contributed by atoms with Gasteiger partial charge in [0.15, 0.2) is 5.78 Å². The first kappa shape index (κ1) is 27.0.